The van der Waals surface area contributed by atoms with Crippen LogP contribution in [0.4, 0.5) is 4.79 Å². The molecular weight excluding hydrogens is 403 g/mol. The fourth-order valence-electron chi connectivity index (χ4n) is 2.77. The van der Waals surface area contributed by atoms with Gasteiger partial charge in [-0.2, -0.15) is 0 Å². The third kappa shape index (κ3) is 5.48. The van der Waals surface area contributed by atoms with Gasteiger partial charge in [-0.15, -0.1) is 11.3 Å². The van der Waals surface area contributed by atoms with Crippen molar-refractivity contribution < 1.29 is 23.9 Å². The second-order valence-corrected chi connectivity index (χ2v) is 8.95. The van der Waals surface area contributed by atoms with Gasteiger partial charge >= 0.3 is 13.2 Å². The van der Waals surface area contributed by atoms with Crippen LogP contribution in [-0.4, -0.2) is 41.0 Å². The molecule has 2 N–H and O–H groups in total. The van der Waals surface area contributed by atoms with E-state index in [0.29, 0.717) is 16.2 Å². The highest BCUT2D eigenvalue weighted by Gasteiger charge is 2.52. The van der Waals surface area contributed by atoms with Gasteiger partial charge < -0.3 is 24.5 Å². The molecule has 30 heavy (non-hydrogen) atoms. The standard InChI is InChI=1S/C21H27BN2O5S/c1-20(2)21(3,4)29-22(28-20)16(10-18-24-17(12-25)14-30-18)11-23-19(26)27-13-15-8-6-5-7-9-15/h5-10,14,25H,11-13H2,1-4H3,(H,23,26). The molecule has 1 fully saturated rings. The number of aliphatic hydroxyl groups excluding tert-OH is 1. The van der Waals surface area contributed by atoms with Crippen LogP contribution >= 0.6 is 11.3 Å². The fourth-order valence-corrected chi connectivity index (χ4v) is 3.54. The number of alkyl carbamates (subject to hydrolysis) is 1. The molecule has 1 aromatic heterocycles. The van der Waals surface area contributed by atoms with Gasteiger partial charge in [0.2, 0.25) is 0 Å². The molecule has 1 saturated heterocycles. The Morgan fingerprint density at radius 3 is 2.50 bits per heavy atom. The van der Waals surface area contributed by atoms with Crippen LogP contribution in [0.25, 0.3) is 6.08 Å². The highest BCUT2D eigenvalue weighted by molar-refractivity contribution is 7.10. The van der Waals surface area contributed by atoms with E-state index in [1.54, 1.807) is 5.38 Å². The number of amides is 1. The van der Waals surface area contributed by atoms with E-state index in [-0.39, 0.29) is 19.8 Å². The van der Waals surface area contributed by atoms with Crippen molar-refractivity contribution in [2.75, 3.05) is 6.54 Å². The number of aliphatic hydroxyl groups is 1. The monoisotopic (exact) mass is 430 g/mol. The quantitative estimate of drug-likeness (QED) is 0.653. The first-order valence-electron chi connectivity index (χ1n) is 9.76. The van der Waals surface area contributed by atoms with Crippen molar-refractivity contribution in [2.45, 2.75) is 52.1 Å². The number of nitrogens with one attached hydrogen (secondary N) is 1. The zero-order chi connectivity index (χ0) is 21.8. The maximum atomic E-state index is 12.2. The van der Waals surface area contributed by atoms with Crippen molar-refractivity contribution in [1.82, 2.24) is 10.3 Å². The van der Waals surface area contributed by atoms with Crippen molar-refractivity contribution in [3.05, 3.63) is 57.4 Å². The van der Waals surface area contributed by atoms with E-state index in [0.717, 1.165) is 5.56 Å². The average Bonchev–Trinajstić information content (AvgIpc) is 3.25. The zero-order valence-corrected chi connectivity index (χ0v) is 18.5. The molecule has 0 spiro atoms. The Bertz CT molecular complexity index is 882. The van der Waals surface area contributed by atoms with Crippen LogP contribution in [0.2, 0.25) is 0 Å². The van der Waals surface area contributed by atoms with Gasteiger partial charge in [0.15, 0.2) is 0 Å². The van der Waals surface area contributed by atoms with E-state index in [4.69, 9.17) is 14.0 Å². The first-order chi connectivity index (χ1) is 14.2. The topological polar surface area (TPSA) is 89.9 Å². The molecule has 1 aliphatic rings. The summed E-state index contributed by atoms with van der Waals surface area (Å²) in [5.74, 6) is 0. The maximum absolute atomic E-state index is 12.2. The van der Waals surface area contributed by atoms with Crippen LogP contribution in [0.1, 0.15) is 44.0 Å². The molecule has 9 heteroatoms. The minimum absolute atomic E-state index is 0.125. The summed E-state index contributed by atoms with van der Waals surface area (Å²) >= 11 is 1.40. The molecule has 2 aromatic rings. The number of rotatable bonds is 7. The molecule has 0 saturated carbocycles. The third-order valence-corrected chi connectivity index (χ3v) is 6.09. The number of hydrogen-bond donors (Lipinski definition) is 2. The predicted molar refractivity (Wildman–Crippen MR) is 117 cm³/mol. The smallest absolute Gasteiger partial charge is 0.445 e. The van der Waals surface area contributed by atoms with Crippen LogP contribution in [-0.2, 0) is 27.3 Å². The van der Waals surface area contributed by atoms with Crippen molar-refractivity contribution in [3.63, 3.8) is 0 Å². The Morgan fingerprint density at radius 2 is 1.90 bits per heavy atom. The second kappa shape index (κ2) is 9.30. The molecule has 0 unspecified atom stereocenters. The first-order valence-corrected chi connectivity index (χ1v) is 10.6. The molecule has 2 heterocycles. The molecule has 0 radical (unpaired) electrons. The van der Waals surface area contributed by atoms with Crippen LogP contribution in [0, 0.1) is 0 Å². The molecule has 7 nitrogen and oxygen atoms in total. The van der Waals surface area contributed by atoms with Crippen molar-refractivity contribution >= 4 is 30.6 Å². The lowest BCUT2D eigenvalue weighted by molar-refractivity contribution is 0.00578. The van der Waals surface area contributed by atoms with E-state index in [2.05, 4.69) is 10.3 Å². The summed E-state index contributed by atoms with van der Waals surface area (Å²) in [6.45, 7) is 8.13. The summed E-state index contributed by atoms with van der Waals surface area (Å²) in [4.78, 5) is 16.6. The van der Waals surface area contributed by atoms with Crippen LogP contribution < -0.4 is 5.32 Å². The van der Waals surface area contributed by atoms with Gasteiger partial charge in [0.1, 0.15) is 11.6 Å². The summed E-state index contributed by atoms with van der Waals surface area (Å²) in [6, 6.07) is 9.48. The molecule has 0 aliphatic carbocycles. The Kier molecular flexibility index (Phi) is 6.97. The third-order valence-electron chi connectivity index (χ3n) is 5.25. The maximum Gasteiger partial charge on any atom is 0.492 e. The molecular formula is C21H27BN2O5S. The molecule has 3 rings (SSSR count). The van der Waals surface area contributed by atoms with Crippen LogP contribution in [0.3, 0.4) is 0 Å². The van der Waals surface area contributed by atoms with Gasteiger partial charge in [-0.25, -0.2) is 9.78 Å². The van der Waals surface area contributed by atoms with Gasteiger partial charge in [0.25, 0.3) is 0 Å². The van der Waals surface area contributed by atoms with Crippen LogP contribution in [0.15, 0.2) is 41.2 Å². The summed E-state index contributed by atoms with van der Waals surface area (Å²) in [7, 11) is -0.633. The molecule has 0 atom stereocenters. The predicted octanol–water partition coefficient (Wildman–Crippen LogP) is 3.58. The number of hydrogen-bond acceptors (Lipinski definition) is 7. The molecule has 160 valence electrons. The molecule has 0 bridgehead atoms. The van der Waals surface area contributed by atoms with Gasteiger partial charge in [0, 0.05) is 11.9 Å². The Hall–Kier alpha value is -2.20. The van der Waals surface area contributed by atoms with Crippen molar-refractivity contribution in [1.29, 1.82) is 0 Å². The number of nitrogens with zero attached hydrogens (tertiary/aromatic N) is 1. The minimum Gasteiger partial charge on any atom is -0.445 e. The van der Waals surface area contributed by atoms with Gasteiger partial charge in [-0.05, 0) is 44.8 Å². The van der Waals surface area contributed by atoms with E-state index in [1.807, 2.05) is 64.1 Å². The Morgan fingerprint density at radius 1 is 1.23 bits per heavy atom. The molecule has 1 aromatic carbocycles. The van der Waals surface area contributed by atoms with E-state index >= 15 is 0 Å². The highest BCUT2D eigenvalue weighted by Crippen LogP contribution is 2.38. The summed E-state index contributed by atoms with van der Waals surface area (Å²) in [5, 5.41) is 14.5. The fraction of sp³-hybridized carbons (Fsp3) is 0.429. The van der Waals surface area contributed by atoms with Gasteiger partial charge in [-0.1, -0.05) is 30.3 Å². The van der Waals surface area contributed by atoms with Gasteiger partial charge in [0.05, 0.1) is 23.5 Å². The number of benzene rings is 1. The zero-order valence-electron chi connectivity index (χ0n) is 17.7. The Labute approximate surface area is 181 Å². The van der Waals surface area contributed by atoms with Crippen molar-refractivity contribution in [2.24, 2.45) is 0 Å². The summed E-state index contributed by atoms with van der Waals surface area (Å²) in [5.41, 5.74) is 1.19. The molecule has 1 amide bonds. The van der Waals surface area contributed by atoms with Crippen molar-refractivity contribution in [3.8, 4) is 0 Å². The number of thiazole rings is 1. The molecule has 1 aliphatic heterocycles. The first kappa shape index (κ1) is 22.5. The summed E-state index contributed by atoms with van der Waals surface area (Å²) < 4.78 is 17.6. The minimum atomic E-state index is -0.633. The van der Waals surface area contributed by atoms with E-state index in [1.165, 1.54) is 11.3 Å². The van der Waals surface area contributed by atoms with E-state index < -0.39 is 24.4 Å². The van der Waals surface area contributed by atoms with Crippen LogP contribution in [0.5, 0.6) is 0 Å². The highest BCUT2D eigenvalue weighted by atomic mass is 32.1. The largest absolute Gasteiger partial charge is 0.492 e. The lowest BCUT2D eigenvalue weighted by Crippen LogP contribution is -2.41. The second-order valence-electron chi connectivity index (χ2n) is 8.06. The summed E-state index contributed by atoms with van der Waals surface area (Å²) in [6.07, 6.45) is 1.29. The Balaban J connectivity index is 1.69. The lowest BCUT2D eigenvalue weighted by Gasteiger charge is -2.32. The lowest BCUT2D eigenvalue weighted by atomic mass is 9.77. The number of carbonyl (C=O) groups is 1. The SMILES string of the molecule is CC1(C)OB(C(=Cc2nc(CO)cs2)CNC(=O)OCc2ccccc2)OC1(C)C. The number of carbonyl (C=O) groups excluding carboxylic acids is 1. The average molecular weight is 430 g/mol. The normalized spacial score (nSPS) is 17.8. The van der Waals surface area contributed by atoms with E-state index in [9.17, 15) is 9.90 Å². The van der Waals surface area contributed by atoms with Gasteiger partial charge in [-0.3, -0.25) is 0 Å². The number of ether oxygens (including phenoxy) is 1. The number of aromatic nitrogens is 1.